The summed E-state index contributed by atoms with van der Waals surface area (Å²) in [5.41, 5.74) is 0.987. The van der Waals surface area contributed by atoms with Crippen LogP contribution in [0.1, 0.15) is 30.3 Å². The van der Waals surface area contributed by atoms with Crippen molar-refractivity contribution in [1.29, 1.82) is 0 Å². The average molecular weight is 244 g/mol. The fraction of sp³-hybridized carbons (Fsp3) is 0.462. The zero-order chi connectivity index (χ0) is 12.4. The predicted octanol–water partition coefficient (Wildman–Crippen LogP) is 1.86. The number of nitrogens with zero attached hydrogens (tertiary/aromatic N) is 4. The highest BCUT2D eigenvalue weighted by Gasteiger charge is 2.22. The molecule has 0 atom stereocenters. The lowest BCUT2D eigenvalue weighted by molar-refractivity contribution is 0.0831. The Morgan fingerprint density at radius 2 is 2.11 bits per heavy atom. The van der Waals surface area contributed by atoms with Crippen LogP contribution in [0.15, 0.2) is 24.5 Å². The molecule has 1 saturated heterocycles. The molecule has 3 rings (SSSR count). The van der Waals surface area contributed by atoms with Crippen molar-refractivity contribution >= 4 is 0 Å². The first-order valence-electron chi connectivity index (χ1n) is 6.26. The van der Waals surface area contributed by atoms with Crippen LogP contribution in [0.25, 0.3) is 5.82 Å². The zero-order valence-electron chi connectivity index (χ0n) is 10.4. The summed E-state index contributed by atoms with van der Waals surface area (Å²) in [7, 11) is 0. The van der Waals surface area contributed by atoms with Crippen LogP contribution in [0.3, 0.4) is 0 Å². The molecule has 0 radical (unpaired) electrons. The second-order valence-corrected chi connectivity index (χ2v) is 4.55. The van der Waals surface area contributed by atoms with Crippen molar-refractivity contribution in [2.45, 2.75) is 25.7 Å². The Kier molecular flexibility index (Phi) is 3.06. The molecule has 0 N–H and O–H groups in total. The van der Waals surface area contributed by atoms with Gasteiger partial charge in [-0.2, -0.15) is 9.78 Å². The Labute approximate surface area is 106 Å². The van der Waals surface area contributed by atoms with E-state index in [1.165, 1.54) is 0 Å². The van der Waals surface area contributed by atoms with Crippen LogP contribution in [-0.4, -0.2) is 33.0 Å². The normalized spacial score (nSPS) is 16.9. The minimum absolute atomic E-state index is 0.420. The molecule has 1 aliphatic heterocycles. The molecule has 0 bridgehead atoms. The maximum atomic E-state index is 5.39. The SMILES string of the molecule is Cc1cccc(-n2ncnc2C2CCOCC2)n1. The largest absolute Gasteiger partial charge is 0.381 e. The highest BCUT2D eigenvalue weighted by Crippen LogP contribution is 2.26. The van der Waals surface area contributed by atoms with E-state index < -0.39 is 0 Å². The fourth-order valence-electron chi connectivity index (χ4n) is 2.31. The Bertz CT molecular complexity index is 531. The van der Waals surface area contributed by atoms with Crippen LogP contribution in [0.4, 0.5) is 0 Å². The minimum atomic E-state index is 0.420. The summed E-state index contributed by atoms with van der Waals surface area (Å²) < 4.78 is 7.24. The number of aromatic nitrogens is 4. The highest BCUT2D eigenvalue weighted by atomic mass is 16.5. The van der Waals surface area contributed by atoms with Crippen molar-refractivity contribution < 1.29 is 4.74 Å². The second kappa shape index (κ2) is 4.86. The van der Waals surface area contributed by atoms with Gasteiger partial charge in [0.2, 0.25) is 0 Å². The van der Waals surface area contributed by atoms with Gasteiger partial charge in [0.05, 0.1) is 0 Å². The summed E-state index contributed by atoms with van der Waals surface area (Å²) in [6.07, 6.45) is 3.61. The van der Waals surface area contributed by atoms with E-state index in [0.29, 0.717) is 5.92 Å². The Balaban J connectivity index is 1.95. The van der Waals surface area contributed by atoms with Crippen LogP contribution >= 0.6 is 0 Å². The molecule has 0 saturated carbocycles. The van der Waals surface area contributed by atoms with E-state index in [-0.39, 0.29) is 0 Å². The third kappa shape index (κ3) is 2.13. The summed E-state index contributed by atoms with van der Waals surface area (Å²) in [6.45, 7) is 3.59. The molecule has 0 amide bonds. The van der Waals surface area contributed by atoms with E-state index in [0.717, 1.165) is 43.4 Å². The number of aryl methyl sites for hydroxylation is 1. The third-order valence-electron chi connectivity index (χ3n) is 3.25. The van der Waals surface area contributed by atoms with Gasteiger partial charge in [0, 0.05) is 24.8 Å². The van der Waals surface area contributed by atoms with Crippen molar-refractivity contribution in [3.05, 3.63) is 36.0 Å². The average Bonchev–Trinajstić information content (AvgIpc) is 2.89. The summed E-state index contributed by atoms with van der Waals surface area (Å²) in [5.74, 6) is 2.26. The molecule has 0 spiro atoms. The van der Waals surface area contributed by atoms with Gasteiger partial charge < -0.3 is 4.74 Å². The van der Waals surface area contributed by atoms with E-state index in [2.05, 4.69) is 15.1 Å². The van der Waals surface area contributed by atoms with E-state index in [4.69, 9.17) is 4.74 Å². The quantitative estimate of drug-likeness (QED) is 0.809. The van der Waals surface area contributed by atoms with Gasteiger partial charge in [0.25, 0.3) is 0 Å². The molecule has 2 aromatic heterocycles. The van der Waals surface area contributed by atoms with Gasteiger partial charge in [0.1, 0.15) is 12.2 Å². The first-order chi connectivity index (χ1) is 8.84. The topological polar surface area (TPSA) is 52.8 Å². The molecule has 0 aromatic carbocycles. The summed E-state index contributed by atoms with van der Waals surface area (Å²) in [6, 6.07) is 5.94. The molecule has 18 heavy (non-hydrogen) atoms. The van der Waals surface area contributed by atoms with E-state index >= 15 is 0 Å². The van der Waals surface area contributed by atoms with Crippen LogP contribution < -0.4 is 0 Å². The van der Waals surface area contributed by atoms with Crippen molar-refractivity contribution in [1.82, 2.24) is 19.7 Å². The summed E-state index contributed by atoms with van der Waals surface area (Å²) in [4.78, 5) is 8.90. The zero-order valence-corrected chi connectivity index (χ0v) is 10.4. The minimum Gasteiger partial charge on any atom is -0.381 e. The lowest BCUT2D eigenvalue weighted by Gasteiger charge is -2.21. The van der Waals surface area contributed by atoms with Crippen molar-refractivity contribution in [2.24, 2.45) is 0 Å². The van der Waals surface area contributed by atoms with Gasteiger partial charge in [-0.1, -0.05) is 6.07 Å². The first-order valence-corrected chi connectivity index (χ1v) is 6.26. The molecule has 2 aromatic rings. The van der Waals surface area contributed by atoms with Crippen molar-refractivity contribution in [3.8, 4) is 5.82 Å². The van der Waals surface area contributed by atoms with Gasteiger partial charge >= 0.3 is 0 Å². The molecule has 0 aliphatic carbocycles. The van der Waals surface area contributed by atoms with Crippen molar-refractivity contribution in [2.75, 3.05) is 13.2 Å². The maximum absolute atomic E-state index is 5.39. The predicted molar refractivity (Wildman–Crippen MR) is 66.7 cm³/mol. The first kappa shape index (κ1) is 11.3. The van der Waals surface area contributed by atoms with Gasteiger partial charge in [0.15, 0.2) is 5.82 Å². The van der Waals surface area contributed by atoms with Crippen LogP contribution in [0.2, 0.25) is 0 Å². The van der Waals surface area contributed by atoms with Gasteiger partial charge in [-0.15, -0.1) is 0 Å². The smallest absolute Gasteiger partial charge is 0.155 e. The van der Waals surface area contributed by atoms with Crippen LogP contribution in [0, 0.1) is 6.92 Å². The van der Waals surface area contributed by atoms with Crippen LogP contribution in [0.5, 0.6) is 0 Å². The van der Waals surface area contributed by atoms with E-state index in [1.54, 1.807) is 6.33 Å². The number of hydrogen-bond donors (Lipinski definition) is 0. The molecule has 3 heterocycles. The highest BCUT2D eigenvalue weighted by molar-refractivity contribution is 5.25. The molecule has 0 unspecified atom stereocenters. The lowest BCUT2D eigenvalue weighted by Crippen LogP contribution is -2.18. The second-order valence-electron chi connectivity index (χ2n) is 4.55. The monoisotopic (exact) mass is 244 g/mol. The molecular formula is C13H16N4O. The molecule has 5 nitrogen and oxygen atoms in total. The number of pyridine rings is 1. The lowest BCUT2D eigenvalue weighted by atomic mass is 9.99. The molecule has 5 heteroatoms. The van der Waals surface area contributed by atoms with E-state index in [1.807, 2.05) is 29.8 Å². The van der Waals surface area contributed by atoms with E-state index in [9.17, 15) is 0 Å². The Morgan fingerprint density at radius 1 is 1.28 bits per heavy atom. The molecule has 1 aliphatic rings. The Morgan fingerprint density at radius 3 is 2.89 bits per heavy atom. The number of rotatable bonds is 2. The summed E-state index contributed by atoms with van der Waals surface area (Å²) in [5, 5.41) is 4.30. The molecular weight excluding hydrogens is 228 g/mol. The van der Waals surface area contributed by atoms with Gasteiger partial charge in [-0.3, -0.25) is 0 Å². The fourth-order valence-corrected chi connectivity index (χ4v) is 2.31. The van der Waals surface area contributed by atoms with Crippen LogP contribution in [-0.2, 0) is 4.74 Å². The molecule has 1 fully saturated rings. The standard InChI is InChI=1S/C13H16N4O/c1-10-3-2-4-12(16-10)17-13(14-9-15-17)11-5-7-18-8-6-11/h2-4,9,11H,5-8H2,1H3. The number of ether oxygens (including phenoxy) is 1. The molecule has 94 valence electrons. The summed E-state index contributed by atoms with van der Waals surface area (Å²) >= 11 is 0. The number of hydrogen-bond acceptors (Lipinski definition) is 4. The maximum Gasteiger partial charge on any atom is 0.155 e. The van der Waals surface area contributed by atoms with Gasteiger partial charge in [-0.05, 0) is 31.9 Å². The van der Waals surface area contributed by atoms with Gasteiger partial charge in [-0.25, -0.2) is 9.97 Å². The Hall–Kier alpha value is -1.75. The third-order valence-corrected chi connectivity index (χ3v) is 3.25. The van der Waals surface area contributed by atoms with Crippen molar-refractivity contribution in [3.63, 3.8) is 0 Å².